The molecule has 0 atom stereocenters. The van der Waals surface area contributed by atoms with Crippen LogP contribution in [0.4, 0.5) is 0 Å². The smallest absolute Gasteiger partial charge is 0.0754 e. The molecule has 0 unspecified atom stereocenters. The van der Waals surface area contributed by atoms with Crippen LogP contribution in [0.2, 0.25) is 0 Å². The quantitative estimate of drug-likeness (QED) is 0.562. The molecule has 0 saturated carbocycles. The Labute approximate surface area is 147 Å². The summed E-state index contributed by atoms with van der Waals surface area (Å²) in [6, 6.07) is 8.76. The van der Waals surface area contributed by atoms with Gasteiger partial charge in [0.2, 0.25) is 0 Å². The standard InChI is InChI=1S/C21H24N4/c1-13-18-12-25(3)9-6-16(18)14(2)21-20(13)17-10-15(11-23-8-7-22)4-5-19(17)24-21/h4-6,9-10,12,23H,7-8,11,22H2,1-3H3. The number of benzene rings is 2. The summed E-state index contributed by atoms with van der Waals surface area (Å²) in [5, 5.41) is 8.49. The topological polar surface area (TPSA) is 55.9 Å². The molecular weight excluding hydrogens is 308 g/mol. The maximum absolute atomic E-state index is 5.57. The Bertz CT molecular complexity index is 1090. The van der Waals surface area contributed by atoms with E-state index in [9.17, 15) is 0 Å². The van der Waals surface area contributed by atoms with Crippen molar-refractivity contribution in [2.24, 2.45) is 12.8 Å². The molecule has 0 aliphatic carbocycles. The zero-order chi connectivity index (χ0) is 17.6. The molecule has 0 saturated heterocycles. The highest BCUT2D eigenvalue weighted by Crippen LogP contribution is 2.36. The van der Waals surface area contributed by atoms with E-state index in [0.29, 0.717) is 6.54 Å². The maximum Gasteiger partial charge on any atom is 0.0754 e. The van der Waals surface area contributed by atoms with E-state index in [1.54, 1.807) is 0 Å². The number of nitrogens with zero attached hydrogens (tertiary/aromatic N) is 2. The number of fused-ring (bicyclic) bond motifs is 4. The van der Waals surface area contributed by atoms with Gasteiger partial charge in [-0.15, -0.1) is 0 Å². The summed E-state index contributed by atoms with van der Waals surface area (Å²) in [6.07, 6.45) is 4.31. The molecule has 25 heavy (non-hydrogen) atoms. The van der Waals surface area contributed by atoms with Crippen molar-refractivity contribution in [2.75, 3.05) is 13.1 Å². The van der Waals surface area contributed by atoms with E-state index >= 15 is 0 Å². The minimum atomic E-state index is 0.657. The Kier molecular flexibility index (Phi) is 3.94. The first-order valence-electron chi connectivity index (χ1n) is 8.78. The van der Waals surface area contributed by atoms with E-state index in [0.717, 1.165) is 24.1 Å². The lowest BCUT2D eigenvalue weighted by atomic mass is 9.96. The van der Waals surface area contributed by atoms with Crippen molar-refractivity contribution in [2.45, 2.75) is 20.4 Å². The van der Waals surface area contributed by atoms with E-state index in [1.165, 1.54) is 38.2 Å². The first-order valence-corrected chi connectivity index (χ1v) is 8.78. The fourth-order valence-electron chi connectivity index (χ4n) is 3.77. The second-order valence-corrected chi connectivity index (χ2v) is 6.84. The number of hydrogen-bond donors (Lipinski definition) is 2. The summed E-state index contributed by atoms with van der Waals surface area (Å²) in [4.78, 5) is 4.94. The third kappa shape index (κ3) is 2.58. The van der Waals surface area contributed by atoms with Crippen molar-refractivity contribution in [3.05, 3.63) is 53.3 Å². The number of pyridine rings is 1. The Morgan fingerprint density at radius 1 is 1.08 bits per heavy atom. The second kappa shape index (κ2) is 6.14. The number of nitrogens with two attached hydrogens (primary N) is 1. The third-order valence-electron chi connectivity index (χ3n) is 5.09. The highest BCUT2D eigenvalue weighted by atomic mass is 14.9. The predicted octanol–water partition coefficient (Wildman–Crippen LogP) is 3.54. The Morgan fingerprint density at radius 3 is 2.72 bits per heavy atom. The van der Waals surface area contributed by atoms with Gasteiger partial charge in [-0.05, 0) is 54.1 Å². The maximum atomic E-state index is 5.57. The van der Waals surface area contributed by atoms with Crippen molar-refractivity contribution >= 4 is 32.6 Å². The number of nitrogens with one attached hydrogen (secondary N) is 1. The molecule has 4 heteroatoms. The first kappa shape index (κ1) is 16.1. The van der Waals surface area contributed by atoms with Gasteiger partial charge in [-0.25, -0.2) is 4.98 Å². The van der Waals surface area contributed by atoms with Gasteiger partial charge < -0.3 is 15.6 Å². The summed E-state index contributed by atoms with van der Waals surface area (Å²) >= 11 is 0. The van der Waals surface area contributed by atoms with Gasteiger partial charge in [0.1, 0.15) is 0 Å². The lowest BCUT2D eigenvalue weighted by Crippen LogP contribution is -2.21. The second-order valence-electron chi connectivity index (χ2n) is 6.84. The lowest BCUT2D eigenvalue weighted by Gasteiger charge is -2.10. The zero-order valence-corrected chi connectivity index (χ0v) is 15.1. The summed E-state index contributed by atoms with van der Waals surface area (Å²) in [6.45, 7) is 6.71. The van der Waals surface area contributed by atoms with Gasteiger partial charge in [0.05, 0.1) is 11.0 Å². The van der Waals surface area contributed by atoms with Crippen LogP contribution in [-0.4, -0.2) is 22.6 Å². The number of aromatic nitrogens is 2. The first-order chi connectivity index (χ1) is 12.1. The van der Waals surface area contributed by atoms with Gasteiger partial charge in [-0.2, -0.15) is 0 Å². The molecule has 2 aromatic heterocycles. The molecule has 4 rings (SSSR count). The molecule has 0 fully saturated rings. The van der Waals surface area contributed by atoms with E-state index in [2.05, 4.69) is 67.4 Å². The van der Waals surface area contributed by atoms with Crippen LogP contribution in [-0.2, 0) is 13.6 Å². The van der Waals surface area contributed by atoms with Crippen LogP contribution in [0.15, 0.2) is 36.7 Å². The minimum absolute atomic E-state index is 0.657. The number of hydrogen-bond acceptors (Lipinski definition) is 3. The fraction of sp³-hybridized carbons (Fsp3) is 0.286. The highest BCUT2D eigenvalue weighted by Gasteiger charge is 2.15. The molecule has 0 bridgehead atoms. The van der Waals surface area contributed by atoms with Gasteiger partial charge >= 0.3 is 0 Å². The van der Waals surface area contributed by atoms with Crippen molar-refractivity contribution in [1.82, 2.24) is 14.9 Å². The molecular formula is C21H24N4. The van der Waals surface area contributed by atoms with Gasteiger partial charge in [-0.1, -0.05) is 6.07 Å². The molecule has 2 heterocycles. The van der Waals surface area contributed by atoms with Crippen molar-refractivity contribution in [3.63, 3.8) is 0 Å². The molecule has 0 amide bonds. The molecule has 4 aromatic rings. The third-order valence-corrected chi connectivity index (χ3v) is 5.09. The van der Waals surface area contributed by atoms with Crippen LogP contribution in [0.1, 0.15) is 16.7 Å². The molecule has 128 valence electrons. The highest BCUT2D eigenvalue weighted by molar-refractivity contribution is 6.16. The van der Waals surface area contributed by atoms with Gasteiger partial charge in [0, 0.05) is 55.2 Å². The van der Waals surface area contributed by atoms with Crippen molar-refractivity contribution in [3.8, 4) is 0 Å². The molecule has 3 N–H and O–H groups in total. The van der Waals surface area contributed by atoms with Crippen LogP contribution in [0.25, 0.3) is 32.6 Å². The minimum Gasteiger partial charge on any atom is -0.357 e. The SMILES string of the molecule is Cc1c2ccn(C)cc2c(C)c2c1nc1ccc(CNCCN)cc12. The molecule has 2 aromatic carbocycles. The van der Waals surface area contributed by atoms with E-state index in [-0.39, 0.29) is 0 Å². The molecule has 0 radical (unpaired) electrons. The average Bonchev–Trinajstić information content (AvgIpc) is 2.99. The largest absolute Gasteiger partial charge is 0.357 e. The van der Waals surface area contributed by atoms with Gasteiger partial charge in [-0.3, -0.25) is 0 Å². The van der Waals surface area contributed by atoms with Crippen molar-refractivity contribution in [1.29, 1.82) is 0 Å². The Balaban J connectivity index is 2.00. The van der Waals surface area contributed by atoms with Crippen LogP contribution in [0, 0.1) is 13.8 Å². The van der Waals surface area contributed by atoms with Crippen LogP contribution < -0.4 is 11.1 Å². The molecule has 0 spiro atoms. The fourth-order valence-corrected chi connectivity index (χ4v) is 3.77. The predicted molar refractivity (Wildman–Crippen MR) is 106 cm³/mol. The Hall–Kier alpha value is -2.43. The van der Waals surface area contributed by atoms with Crippen LogP contribution in [0.5, 0.6) is 0 Å². The van der Waals surface area contributed by atoms with E-state index in [1.807, 2.05) is 0 Å². The molecule has 0 aliphatic heterocycles. The monoisotopic (exact) mass is 332 g/mol. The summed E-state index contributed by atoms with van der Waals surface area (Å²) in [7, 11) is 2.07. The van der Waals surface area contributed by atoms with Crippen LogP contribution in [0.3, 0.4) is 0 Å². The molecule has 0 aliphatic rings. The average molecular weight is 332 g/mol. The zero-order valence-electron chi connectivity index (χ0n) is 15.1. The van der Waals surface area contributed by atoms with E-state index < -0.39 is 0 Å². The van der Waals surface area contributed by atoms with E-state index in [4.69, 9.17) is 10.7 Å². The normalized spacial score (nSPS) is 11.8. The molecule has 4 nitrogen and oxygen atoms in total. The number of rotatable bonds is 4. The van der Waals surface area contributed by atoms with Gasteiger partial charge in [0.25, 0.3) is 0 Å². The van der Waals surface area contributed by atoms with Gasteiger partial charge in [0.15, 0.2) is 0 Å². The van der Waals surface area contributed by atoms with Crippen LogP contribution >= 0.6 is 0 Å². The summed E-state index contributed by atoms with van der Waals surface area (Å²) in [5.74, 6) is 0. The summed E-state index contributed by atoms with van der Waals surface area (Å²) < 4.78 is 2.11. The Morgan fingerprint density at radius 2 is 1.92 bits per heavy atom. The number of aryl methyl sites for hydroxylation is 3. The summed E-state index contributed by atoms with van der Waals surface area (Å²) in [5.41, 5.74) is 11.6. The lowest BCUT2D eigenvalue weighted by molar-refractivity contribution is 0.695. The van der Waals surface area contributed by atoms with Crippen molar-refractivity contribution < 1.29 is 0 Å².